The Bertz CT molecular complexity index is 464. The lowest BCUT2D eigenvalue weighted by molar-refractivity contribution is 0.126. The maximum absolute atomic E-state index is 9.77. The Morgan fingerprint density at radius 1 is 1.39 bits per heavy atom. The molecule has 4 nitrogen and oxygen atoms in total. The highest BCUT2D eigenvalue weighted by Crippen LogP contribution is 2.20. The number of aliphatic hydroxyl groups is 1. The topological polar surface area (TPSA) is 55.2 Å². The van der Waals surface area contributed by atoms with Gasteiger partial charge in [-0.25, -0.2) is 0 Å². The molecule has 96 valence electrons. The van der Waals surface area contributed by atoms with Crippen LogP contribution in [0.3, 0.4) is 0 Å². The summed E-state index contributed by atoms with van der Waals surface area (Å²) in [5.41, 5.74) is 1.67. The van der Waals surface area contributed by atoms with Crippen LogP contribution in [-0.2, 0) is 0 Å². The van der Waals surface area contributed by atoms with Gasteiger partial charge in [-0.3, -0.25) is 0 Å². The van der Waals surface area contributed by atoms with E-state index < -0.39 is 6.10 Å². The number of nitrogens with zero attached hydrogens (tertiary/aromatic N) is 2. The lowest BCUT2D eigenvalue weighted by Crippen LogP contribution is -2.19. The molecule has 1 heterocycles. The number of thioether (sulfide) groups is 1. The second-order valence-corrected chi connectivity index (χ2v) is 6.45. The van der Waals surface area contributed by atoms with Crippen LogP contribution in [-0.4, -0.2) is 33.8 Å². The zero-order valence-corrected chi connectivity index (χ0v) is 12.5. The summed E-state index contributed by atoms with van der Waals surface area (Å²) in [4.78, 5) is 0. The highest BCUT2D eigenvalue weighted by molar-refractivity contribution is 9.10. The molecule has 0 saturated carbocycles. The van der Waals surface area contributed by atoms with Gasteiger partial charge < -0.3 is 9.84 Å². The number of hydrogen-bond donors (Lipinski definition) is 1. The van der Waals surface area contributed by atoms with E-state index in [0.29, 0.717) is 5.75 Å². The number of ether oxygens (including phenoxy) is 1. The first-order valence-corrected chi connectivity index (χ1v) is 7.85. The van der Waals surface area contributed by atoms with Crippen molar-refractivity contribution in [2.75, 3.05) is 12.4 Å². The molecule has 1 aromatic carbocycles. The summed E-state index contributed by atoms with van der Waals surface area (Å²) in [6.07, 6.45) is -0.525. The van der Waals surface area contributed by atoms with Crippen molar-refractivity contribution in [3.05, 3.63) is 34.2 Å². The van der Waals surface area contributed by atoms with Gasteiger partial charge in [0, 0.05) is 10.2 Å². The SMILES string of the molecule is OC(COc1ccc(Br)cc1)CSc1nncs1. The van der Waals surface area contributed by atoms with Crippen LogP contribution in [0.5, 0.6) is 5.75 Å². The number of rotatable bonds is 6. The van der Waals surface area contributed by atoms with Crippen LogP contribution in [0.4, 0.5) is 0 Å². The van der Waals surface area contributed by atoms with Gasteiger partial charge in [0.05, 0.1) is 6.10 Å². The van der Waals surface area contributed by atoms with E-state index in [2.05, 4.69) is 26.1 Å². The average molecular weight is 347 g/mol. The van der Waals surface area contributed by atoms with Gasteiger partial charge in [0.15, 0.2) is 4.34 Å². The third-order valence-corrected chi connectivity index (χ3v) is 4.53. The zero-order valence-electron chi connectivity index (χ0n) is 9.32. The van der Waals surface area contributed by atoms with Gasteiger partial charge in [0.1, 0.15) is 17.9 Å². The van der Waals surface area contributed by atoms with Crippen molar-refractivity contribution >= 4 is 39.0 Å². The fourth-order valence-corrected chi connectivity index (χ4v) is 2.85. The van der Waals surface area contributed by atoms with Gasteiger partial charge in [-0.1, -0.05) is 39.0 Å². The molecule has 1 aromatic heterocycles. The molecule has 0 radical (unpaired) electrons. The molecule has 0 amide bonds. The summed E-state index contributed by atoms with van der Waals surface area (Å²) >= 11 is 6.30. The van der Waals surface area contributed by atoms with Gasteiger partial charge in [-0.15, -0.1) is 10.2 Å². The minimum atomic E-state index is -0.525. The minimum absolute atomic E-state index is 0.271. The highest BCUT2D eigenvalue weighted by Gasteiger charge is 2.08. The maximum Gasteiger partial charge on any atom is 0.174 e. The molecule has 0 saturated heterocycles. The molecule has 1 unspecified atom stereocenters. The van der Waals surface area contributed by atoms with E-state index in [0.717, 1.165) is 14.6 Å². The van der Waals surface area contributed by atoms with Crippen LogP contribution in [0, 0.1) is 0 Å². The fraction of sp³-hybridized carbons (Fsp3) is 0.273. The van der Waals surface area contributed by atoms with Crippen LogP contribution in [0.2, 0.25) is 0 Å². The van der Waals surface area contributed by atoms with Gasteiger partial charge in [0.25, 0.3) is 0 Å². The van der Waals surface area contributed by atoms with E-state index in [4.69, 9.17) is 4.74 Å². The summed E-state index contributed by atoms with van der Waals surface area (Å²) < 4.78 is 7.34. The summed E-state index contributed by atoms with van der Waals surface area (Å²) in [6.45, 7) is 0.271. The van der Waals surface area contributed by atoms with Crippen LogP contribution in [0.25, 0.3) is 0 Å². The number of aromatic nitrogens is 2. The summed E-state index contributed by atoms with van der Waals surface area (Å²) in [5.74, 6) is 1.30. The number of hydrogen-bond acceptors (Lipinski definition) is 6. The van der Waals surface area contributed by atoms with Crippen molar-refractivity contribution in [1.29, 1.82) is 0 Å². The summed E-state index contributed by atoms with van der Waals surface area (Å²) in [7, 11) is 0. The first-order valence-electron chi connectivity index (χ1n) is 5.19. The third-order valence-electron chi connectivity index (χ3n) is 2.00. The van der Waals surface area contributed by atoms with E-state index in [1.807, 2.05) is 24.3 Å². The van der Waals surface area contributed by atoms with Crippen molar-refractivity contribution in [2.24, 2.45) is 0 Å². The summed E-state index contributed by atoms with van der Waals surface area (Å²) in [5, 5.41) is 17.4. The van der Waals surface area contributed by atoms with E-state index in [1.54, 1.807) is 5.51 Å². The van der Waals surface area contributed by atoms with Crippen LogP contribution in [0.1, 0.15) is 0 Å². The fourth-order valence-electron chi connectivity index (χ4n) is 1.16. The largest absolute Gasteiger partial charge is 0.491 e. The van der Waals surface area contributed by atoms with E-state index in [1.165, 1.54) is 23.1 Å². The zero-order chi connectivity index (χ0) is 12.8. The highest BCUT2D eigenvalue weighted by atomic mass is 79.9. The molecule has 18 heavy (non-hydrogen) atoms. The Morgan fingerprint density at radius 3 is 2.83 bits per heavy atom. The first kappa shape index (κ1) is 13.8. The molecule has 7 heteroatoms. The predicted molar refractivity (Wildman–Crippen MR) is 76.3 cm³/mol. The molecule has 0 aliphatic heterocycles. The van der Waals surface area contributed by atoms with Gasteiger partial charge in [-0.2, -0.15) is 0 Å². The monoisotopic (exact) mass is 346 g/mol. The van der Waals surface area contributed by atoms with Crippen molar-refractivity contribution in [1.82, 2.24) is 10.2 Å². The Kier molecular flexibility index (Phi) is 5.43. The average Bonchev–Trinajstić information content (AvgIpc) is 2.89. The molecule has 0 bridgehead atoms. The standard InChI is InChI=1S/C11H11BrN2O2S2/c12-8-1-3-10(4-2-8)16-5-9(15)6-17-11-14-13-7-18-11/h1-4,7,9,15H,5-6H2. The van der Waals surface area contributed by atoms with E-state index in [-0.39, 0.29) is 6.61 Å². The third kappa shape index (κ3) is 4.56. The predicted octanol–water partition coefficient (Wildman–Crippen LogP) is 2.83. The Hall–Kier alpha value is -0.630. The number of aliphatic hydroxyl groups excluding tert-OH is 1. The molecule has 0 aliphatic carbocycles. The van der Waals surface area contributed by atoms with Crippen LogP contribution >= 0.6 is 39.0 Å². The quantitative estimate of drug-likeness (QED) is 0.815. The molecule has 2 rings (SSSR count). The molecule has 0 aliphatic rings. The van der Waals surface area contributed by atoms with Crippen LogP contribution < -0.4 is 4.74 Å². The Balaban J connectivity index is 1.71. The molecule has 0 fully saturated rings. The molecule has 1 N–H and O–H groups in total. The van der Waals surface area contributed by atoms with Crippen molar-refractivity contribution in [2.45, 2.75) is 10.4 Å². The molecule has 1 atom stereocenters. The lowest BCUT2D eigenvalue weighted by Gasteiger charge is -2.11. The minimum Gasteiger partial charge on any atom is -0.491 e. The van der Waals surface area contributed by atoms with Gasteiger partial charge in [-0.05, 0) is 24.3 Å². The molecular formula is C11H11BrN2O2S2. The van der Waals surface area contributed by atoms with E-state index in [9.17, 15) is 5.11 Å². The molecule has 2 aromatic rings. The smallest absolute Gasteiger partial charge is 0.174 e. The van der Waals surface area contributed by atoms with Gasteiger partial charge >= 0.3 is 0 Å². The molecular weight excluding hydrogens is 336 g/mol. The Morgan fingerprint density at radius 2 is 2.17 bits per heavy atom. The Labute approximate surface area is 122 Å². The van der Waals surface area contributed by atoms with Crippen molar-refractivity contribution in [3.63, 3.8) is 0 Å². The number of benzene rings is 1. The first-order chi connectivity index (χ1) is 8.74. The van der Waals surface area contributed by atoms with Crippen molar-refractivity contribution < 1.29 is 9.84 Å². The van der Waals surface area contributed by atoms with E-state index >= 15 is 0 Å². The van der Waals surface area contributed by atoms with Crippen molar-refractivity contribution in [3.8, 4) is 5.75 Å². The number of halogens is 1. The normalized spacial score (nSPS) is 12.3. The lowest BCUT2D eigenvalue weighted by atomic mass is 10.3. The second kappa shape index (κ2) is 7.08. The summed E-state index contributed by atoms with van der Waals surface area (Å²) in [6, 6.07) is 7.51. The van der Waals surface area contributed by atoms with Gasteiger partial charge in [0.2, 0.25) is 0 Å². The van der Waals surface area contributed by atoms with Crippen LogP contribution in [0.15, 0.2) is 38.6 Å². The maximum atomic E-state index is 9.77. The second-order valence-electron chi connectivity index (χ2n) is 3.43. The molecule has 0 spiro atoms.